The van der Waals surface area contributed by atoms with Gasteiger partial charge in [-0.3, -0.25) is 0 Å². The Labute approximate surface area is 185 Å². The lowest BCUT2D eigenvalue weighted by atomic mass is 9.94. The maximum Gasteiger partial charge on any atom is 0.187 e. The fourth-order valence-electron chi connectivity index (χ4n) is 4.40. The fraction of sp³-hybridized carbons (Fsp3) is 0.478. The van der Waals surface area contributed by atoms with Crippen molar-refractivity contribution in [2.75, 3.05) is 20.3 Å². The van der Waals surface area contributed by atoms with Crippen molar-refractivity contribution in [3.05, 3.63) is 59.7 Å². The van der Waals surface area contributed by atoms with Gasteiger partial charge in [0.25, 0.3) is 0 Å². The van der Waals surface area contributed by atoms with Crippen LogP contribution >= 0.6 is 0 Å². The Morgan fingerprint density at radius 3 is 2.53 bits per heavy atom. The summed E-state index contributed by atoms with van der Waals surface area (Å²) in [5, 5.41) is 30.9. The summed E-state index contributed by atoms with van der Waals surface area (Å²) in [4.78, 5) is 0. The van der Waals surface area contributed by atoms with Crippen molar-refractivity contribution < 1.29 is 43.7 Å². The van der Waals surface area contributed by atoms with Crippen molar-refractivity contribution in [1.82, 2.24) is 0 Å². The molecule has 1 unspecified atom stereocenters. The molecule has 172 valence electrons. The molecule has 3 heterocycles. The van der Waals surface area contributed by atoms with Crippen LogP contribution in [0.2, 0.25) is 0 Å². The minimum Gasteiger partial charge on any atom is -0.504 e. The van der Waals surface area contributed by atoms with E-state index in [1.165, 1.54) is 13.2 Å². The maximum atomic E-state index is 11.1. The highest BCUT2D eigenvalue weighted by Gasteiger charge is 2.54. The molecule has 3 fully saturated rings. The number of hydrogen-bond acceptors (Lipinski definition) is 9. The van der Waals surface area contributed by atoms with E-state index in [1.807, 2.05) is 30.3 Å². The molecule has 2 aromatic carbocycles. The van der Waals surface area contributed by atoms with Crippen molar-refractivity contribution in [2.45, 2.75) is 49.2 Å². The number of aliphatic hydroxyl groups excluding tert-OH is 2. The quantitative estimate of drug-likeness (QED) is 0.641. The lowest BCUT2D eigenvalue weighted by Gasteiger charge is -2.51. The van der Waals surface area contributed by atoms with Crippen LogP contribution in [-0.4, -0.2) is 72.5 Å². The molecule has 8 atom stereocenters. The van der Waals surface area contributed by atoms with Gasteiger partial charge in [-0.25, -0.2) is 0 Å². The molecule has 3 aliphatic rings. The molecule has 0 amide bonds. The molecule has 9 nitrogen and oxygen atoms in total. The number of phenols is 1. The van der Waals surface area contributed by atoms with E-state index in [0.29, 0.717) is 5.56 Å². The number of fused-ring (bicyclic) bond motifs is 2. The first-order valence-corrected chi connectivity index (χ1v) is 10.5. The number of hydrogen-bond donors (Lipinski definition) is 3. The number of ether oxygens (including phenoxy) is 6. The molecule has 0 bridgehead atoms. The Balaban J connectivity index is 1.37. The number of aliphatic hydroxyl groups is 2. The summed E-state index contributed by atoms with van der Waals surface area (Å²) in [5.74, 6) is 0.252. The lowest BCUT2D eigenvalue weighted by molar-refractivity contribution is -0.402. The summed E-state index contributed by atoms with van der Waals surface area (Å²) >= 11 is 0. The zero-order valence-corrected chi connectivity index (χ0v) is 17.4. The van der Waals surface area contributed by atoms with Crippen molar-refractivity contribution in [3.63, 3.8) is 0 Å². The van der Waals surface area contributed by atoms with Crippen LogP contribution in [0.15, 0.2) is 48.5 Å². The molecular formula is C23H26O9. The Hall–Kier alpha value is -2.24. The minimum atomic E-state index is -1.05. The zero-order valence-electron chi connectivity index (χ0n) is 17.4. The number of benzene rings is 2. The summed E-state index contributed by atoms with van der Waals surface area (Å²) < 4.78 is 35.2. The van der Waals surface area contributed by atoms with E-state index in [0.717, 1.165) is 5.56 Å². The van der Waals surface area contributed by atoms with Crippen LogP contribution in [0, 0.1) is 0 Å². The molecule has 0 spiro atoms. The highest BCUT2D eigenvalue weighted by atomic mass is 16.8. The smallest absolute Gasteiger partial charge is 0.187 e. The Bertz CT molecular complexity index is 923. The van der Waals surface area contributed by atoms with Gasteiger partial charge >= 0.3 is 0 Å². The van der Waals surface area contributed by atoms with Gasteiger partial charge < -0.3 is 43.7 Å². The fourth-order valence-corrected chi connectivity index (χ4v) is 4.40. The topological polar surface area (TPSA) is 116 Å². The molecule has 5 rings (SSSR count). The first-order chi connectivity index (χ1) is 15.6. The highest BCUT2D eigenvalue weighted by Crippen LogP contribution is 2.42. The Kier molecular flexibility index (Phi) is 6.04. The van der Waals surface area contributed by atoms with E-state index in [1.54, 1.807) is 12.1 Å². The van der Waals surface area contributed by atoms with Gasteiger partial charge in [0.1, 0.15) is 36.6 Å². The van der Waals surface area contributed by atoms with Gasteiger partial charge in [0.05, 0.1) is 20.3 Å². The SMILES string of the molecule is COc1cc([C@@H]2O[C@H]3[C@H](O[C@H]2CO)O[C@@H]2COC(c4ccccc4)O[C@H]2[C@@H]3O)ccc1O. The molecule has 3 N–H and O–H groups in total. The van der Waals surface area contributed by atoms with E-state index in [4.69, 9.17) is 28.4 Å². The first-order valence-electron chi connectivity index (χ1n) is 10.5. The van der Waals surface area contributed by atoms with Gasteiger partial charge in [-0.1, -0.05) is 36.4 Å². The Morgan fingerprint density at radius 1 is 0.969 bits per heavy atom. The van der Waals surface area contributed by atoms with Gasteiger partial charge in [0.15, 0.2) is 24.1 Å². The summed E-state index contributed by atoms with van der Waals surface area (Å²) in [6.45, 7) is -0.107. The average molecular weight is 446 g/mol. The highest BCUT2D eigenvalue weighted by molar-refractivity contribution is 5.42. The number of methoxy groups -OCH3 is 1. The van der Waals surface area contributed by atoms with Crippen molar-refractivity contribution >= 4 is 0 Å². The average Bonchev–Trinajstić information content (AvgIpc) is 2.84. The maximum absolute atomic E-state index is 11.1. The van der Waals surface area contributed by atoms with E-state index < -0.39 is 49.2 Å². The summed E-state index contributed by atoms with van der Waals surface area (Å²) in [6, 6.07) is 14.2. The second kappa shape index (κ2) is 8.95. The number of rotatable bonds is 4. The van der Waals surface area contributed by atoms with Crippen LogP contribution in [0.3, 0.4) is 0 Å². The first kappa shape index (κ1) is 21.6. The van der Waals surface area contributed by atoms with Crippen LogP contribution in [0.5, 0.6) is 11.5 Å². The van der Waals surface area contributed by atoms with Gasteiger partial charge in [-0.15, -0.1) is 0 Å². The van der Waals surface area contributed by atoms with Crippen molar-refractivity contribution in [2.24, 2.45) is 0 Å². The van der Waals surface area contributed by atoms with Gasteiger partial charge in [-0.05, 0) is 17.7 Å². The number of phenolic OH excluding ortho intramolecular Hbond substituents is 1. The summed E-state index contributed by atoms with van der Waals surface area (Å²) in [5.41, 5.74) is 1.47. The predicted molar refractivity (Wildman–Crippen MR) is 109 cm³/mol. The third-order valence-electron chi connectivity index (χ3n) is 6.04. The normalized spacial score (nSPS) is 36.7. The predicted octanol–water partition coefficient (Wildman–Crippen LogP) is 1.42. The van der Waals surface area contributed by atoms with E-state index in [9.17, 15) is 15.3 Å². The minimum absolute atomic E-state index is 0.0159. The third kappa shape index (κ3) is 3.86. The van der Waals surface area contributed by atoms with E-state index >= 15 is 0 Å². The van der Waals surface area contributed by atoms with Crippen LogP contribution in [0.25, 0.3) is 0 Å². The molecular weight excluding hydrogens is 420 g/mol. The van der Waals surface area contributed by atoms with Gasteiger partial charge in [0, 0.05) is 5.56 Å². The standard InChI is InChI=1S/C23H26O9/c1-27-15-9-13(7-8-14(15)25)19-16(10-24)29-23-21(31-19)18(26)20-17(30-23)11-28-22(32-20)12-5-3-2-4-6-12/h2-9,16-26H,10-11H2,1H3/t16-,17+,18-,19-,20+,21+,22?,23+/m0/s1. The van der Waals surface area contributed by atoms with E-state index in [-0.39, 0.29) is 24.7 Å². The molecule has 0 aromatic heterocycles. The summed E-state index contributed by atoms with van der Waals surface area (Å²) in [7, 11) is 1.45. The van der Waals surface area contributed by atoms with Crippen LogP contribution in [0.1, 0.15) is 23.5 Å². The molecule has 3 saturated heterocycles. The molecule has 3 aliphatic heterocycles. The second-order valence-corrected chi connectivity index (χ2v) is 8.02. The lowest BCUT2D eigenvalue weighted by Crippen LogP contribution is -2.65. The number of aromatic hydroxyl groups is 1. The molecule has 0 radical (unpaired) electrons. The Morgan fingerprint density at radius 2 is 1.78 bits per heavy atom. The van der Waals surface area contributed by atoms with Crippen molar-refractivity contribution in [1.29, 1.82) is 0 Å². The van der Waals surface area contributed by atoms with Crippen molar-refractivity contribution in [3.8, 4) is 11.5 Å². The van der Waals surface area contributed by atoms with Crippen LogP contribution in [0.4, 0.5) is 0 Å². The third-order valence-corrected chi connectivity index (χ3v) is 6.04. The zero-order chi connectivity index (χ0) is 22.2. The molecule has 2 aromatic rings. The van der Waals surface area contributed by atoms with Crippen LogP contribution in [-0.2, 0) is 23.7 Å². The molecule has 9 heteroatoms. The molecule has 0 aliphatic carbocycles. The second-order valence-electron chi connectivity index (χ2n) is 8.02. The molecule has 0 saturated carbocycles. The van der Waals surface area contributed by atoms with E-state index in [2.05, 4.69) is 0 Å². The molecule has 32 heavy (non-hydrogen) atoms. The largest absolute Gasteiger partial charge is 0.504 e. The van der Waals surface area contributed by atoms with Gasteiger partial charge in [0.2, 0.25) is 0 Å². The van der Waals surface area contributed by atoms with Crippen LogP contribution < -0.4 is 4.74 Å². The monoisotopic (exact) mass is 446 g/mol. The van der Waals surface area contributed by atoms with Gasteiger partial charge in [-0.2, -0.15) is 0 Å². The summed E-state index contributed by atoms with van der Waals surface area (Å²) in [6.07, 6.45) is -6.09.